The maximum atomic E-state index is 4.06. The topological polar surface area (TPSA) is 31.9 Å². The fraction of sp³-hybridized carbons (Fsp3) is 0.154. The van der Waals surface area contributed by atoms with Crippen molar-refractivity contribution in [2.75, 3.05) is 19.0 Å². The molecule has 0 fully saturated rings. The largest absolute Gasteiger partial charge is 0.378 e. The highest BCUT2D eigenvalue weighted by Gasteiger charge is 1.93. The number of benzene rings is 1. The first-order valence-electron chi connectivity index (χ1n) is 5.21. The highest BCUT2D eigenvalue weighted by atomic mass is 15.1. The highest BCUT2D eigenvalue weighted by Crippen LogP contribution is 2.13. The second kappa shape index (κ2) is 4.66. The first kappa shape index (κ1) is 10.5. The van der Waals surface area contributed by atoms with E-state index in [0.717, 1.165) is 5.69 Å². The van der Waals surface area contributed by atoms with Crippen molar-refractivity contribution >= 4 is 17.8 Å². The first-order valence-corrected chi connectivity index (χ1v) is 5.21. The van der Waals surface area contributed by atoms with Gasteiger partial charge in [0.15, 0.2) is 0 Å². The van der Waals surface area contributed by atoms with Crippen LogP contribution in [0.1, 0.15) is 11.3 Å². The Morgan fingerprint density at radius 1 is 1.06 bits per heavy atom. The third kappa shape index (κ3) is 2.51. The third-order valence-corrected chi connectivity index (χ3v) is 2.38. The van der Waals surface area contributed by atoms with Gasteiger partial charge in [0.05, 0.1) is 5.69 Å². The Bertz CT molecular complexity index is 452. The van der Waals surface area contributed by atoms with Gasteiger partial charge in [-0.1, -0.05) is 18.2 Å². The number of nitrogens with one attached hydrogen (secondary N) is 1. The predicted molar refractivity (Wildman–Crippen MR) is 68.3 cm³/mol. The summed E-state index contributed by atoms with van der Waals surface area (Å²) in [6.45, 7) is 0. The number of hydrogen-bond donors (Lipinski definition) is 1. The number of H-pyrrole nitrogens is 1. The van der Waals surface area contributed by atoms with Gasteiger partial charge in [-0.3, -0.25) is 5.10 Å². The zero-order valence-corrected chi connectivity index (χ0v) is 9.51. The molecule has 3 heteroatoms. The molecular formula is C13H15N3. The van der Waals surface area contributed by atoms with Gasteiger partial charge >= 0.3 is 0 Å². The van der Waals surface area contributed by atoms with E-state index in [9.17, 15) is 0 Å². The highest BCUT2D eigenvalue weighted by molar-refractivity contribution is 5.68. The molecule has 1 aromatic carbocycles. The van der Waals surface area contributed by atoms with Gasteiger partial charge < -0.3 is 4.90 Å². The number of hydrogen-bond acceptors (Lipinski definition) is 2. The summed E-state index contributed by atoms with van der Waals surface area (Å²) in [4.78, 5) is 2.08. The van der Waals surface area contributed by atoms with Crippen LogP contribution in [0.25, 0.3) is 12.2 Å². The summed E-state index contributed by atoms with van der Waals surface area (Å²) in [5.41, 5.74) is 3.32. The Morgan fingerprint density at radius 3 is 2.38 bits per heavy atom. The molecule has 82 valence electrons. The number of aromatic amines is 1. The monoisotopic (exact) mass is 213 g/mol. The van der Waals surface area contributed by atoms with Crippen LogP contribution in [-0.4, -0.2) is 24.3 Å². The van der Waals surface area contributed by atoms with Crippen LogP contribution in [0.2, 0.25) is 0 Å². The summed E-state index contributed by atoms with van der Waals surface area (Å²) in [6, 6.07) is 10.3. The second-order valence-electron chi connectivity index (χ2n) is 3.82. The van der Waals surface area contributed by atoms with E-state index >= 15 is 0 Å². The van der Waals surface area contributed by atoms with E-state index in [1.807, 2.05) is 32.4 Å². The van der Waals surface area contributed by atoms with Gasteiger partial charge in [-0.15, -0.1) is 0 Å². The fourth-order valence-corrected chi connectivity index (χ4v) is 1.43. The summed E-state index contributed by atoms with van der Waals surface area (Å²) >= 11 is 0. The Labute approximate surface area is 95.4 Å². The normalized spacial score (nSPS) is 10.9. The molecular weight excluding hydrogens is 198 g/mol. The summed E-state index contributed by atoms with van der Waals surface area (Å²) in [7, 11) is 4.07. The molecule has 0 saturated carbocycles. The number of aromatic nitrogens is 2. The molecule has 0 atom stereocenters. The lowest BCUT2D eigenvalue weighted by atomic mass is 10.2. The number of nitrogens with zero attached hydrogens (tertiary/aromatic N) is 2. The molecule has 0 spiro atoms. The molecule has 2 aromatic rings. The second-order valence-corrected chi connectivity index (χ2v) is 3.82. The van der Waals surface area contributed by atoms with E-state index < -0.39 is 0 Å². The zero-order valence-electron chi connectivity index (χ0n) is 9.51. The van der Waals surface area contributed by atoms with Gasteiger partial charge in [0.25, 0.3) is 0 Å². The molecule has 0 bridgehead atoms. The summed E-state index contributed by atoms with van der Waals surface area (Å²) in [6.07, 6.45) is 5.85. The van der Waals surface area contributed by atoms with Gasteiger partial charge in [-0.05, 0) is 29.8 Å². The van der Waals surface area contributed by atoms with Gasteiger partial charge in [0, 0.05) is 26.0 Å². The molecule has 0 radical (unpaired) electrons. The van der Waals surface area contributed by atoms with Crippen molar-refractivity contribution < 1.29 is 0 Å². The van der Waals surface area contributed by atoms with Gasteiger partial charge in [0.1, 0.15) is 0 Å². The molecule has 16 heavy (non-hydrogen) atoms. The van der Waals surface area contributed by atoms with Crippen LogP contribution in [0, 0.1) is 0 Å². The van der Waals surface area contributed by atoms with Crippen LogP contribution in [0.4, 0.5) is 5.69 Å². The summed E-state index contributed by atoms with van der Waals surface area (Å²) in [5.74, 6) is 0. The minimum absolute atomic E-state index is 0.941. The molecule has 0 aliphatic heterocycles. The van der Waals surface area contributed by atoms with Crippen molar-refractivity contribution in [3.05, 3.63) is 47.8 Å². The standard InChI is InChI=1S/C13H15N3/c1-16(2)13-7-4-11(5-8-13)3-6-12-9-10-14-15-12/h3-10H,1-2H3,(H,14,15)/b6-3-. The molecule has 1 heterocycles. The average Bonchev–Trinajstić information content (AvgIpc) is 2.80. The number of anilines is 1. The minimum atomic E-state index is 0.941. The third-order valence-electron chi connectivity index (χ3n) is 2.38. The lowest BCUT2D eigenvalue weighted by Crippen LogP contribution is -2.07. The van der Waals surface area contributed by atoms with Crippen molar-refractivity contribution in [3.8, 4) is 0 Å². The quantitative estimate of drug-likeness (QED) is 0.850. The molecule has 0 unspecified atom stereocenters. The molecule has 0 saturated heterocycles. The minimum Gasteiger partial charge on any atom is -0.378 e. The summed E-state index contributed by atoms with van der Waals surface area (Å²) < 4.78 is 0. The maximum absolute atomic E-state index is 4.06. The zero-order chi connectivity index (χ0) is 11.4. The van der Waals surface area contributed by atoms with Crippen LogP contribution in [0.5, 0.6) is 0 Å². The van der Waals surface area contributed by atoms with E-state index in [4.69, 9.17) is 0 Å². The van der Waals surface area contributed by atoms with Crippen molar-refractivity contribution in [1.29, 1.82) is 0 Å². The van der Waals surface area contributed by atoms with E-state index in [0.29, 0.717) is 0 Å². The molecule has 3 nitrogen and oxygen atoms in total. The molecule has 2 rings (SSSR count). The van der Waals surface area contributed by atoms with Crippen molar-refractivity contribution in [1.82, 2.24) is 10.2 Å². The molecule has 0 amide bonds. The van der Waals surface area contributed by atoms with Crippen LogP contribution >= 0.6 is 0 Å². The van der Waals surface area contributed by atoms with Crippen molar-refractivity contribution in [2.24, 2.45) is 0 Å². The Balaban J connectivity index is 2.11. The van der Waals surface area contributed by atoms with Crippen LogP contribution in [0.3, 0.4) is 0 Å². The Hall–Kier alpha value is -2.03. The van der Waals surface area contributed by atoms with Gasteiger partial charge in [0.2, 0.25) is 0 Å². The van der Waals surface area contributed by atoms with Crippen LogP contribution in [0.15, 0.2) is 36.5 Å². The van der Waals surface area contributed by atoms with E-state index in [-0.39, 0.29) is 0 Å². The lowest BCUT2D eigenvalue weighted by Gasteiger charge is -2.11. The number of rotatable bonds is 3. The predicted octanol–water partition coefficient (Wildman–Crippen LogP) is 2.65. The SMILES string of the molecule is CN(C)c1ccc(/C=C\c2cc[nH]n2)cc1. The van der Waals surface area contributed by atoms with Gasteiger partial charge in [-0.2, -0.15) is 5.10 Å². The maximum Gasteiger partial charge on any atom is 0.0848 e. The molecule has 0 aliphatic carbocycles. The van der Waals surface area contributed by atoms with E-state index in [1.54, 1.807) is 0 Å². The van der Waals surface area contributed by atoms with Crippen molar-refractivity contribution in [2.45, 2.75) is 0 Å². The lowest BCUT2D eigenvalue weighted by molar-refractivity contribution is 1.08. The van der Waals surface area contributed by atoms with Gasteiger partial charge in [-0.25, -0.2) is 0 Å². The fourth-order valence-electron chi connectivity index (χ4n) is 1.43. The van der Waals surface area contributed by atoms with Crippen LogP contribution < -0.4 is 4.90 Å². The Morgan fingerprint density at radius 2 is 1.81 bits per heavy atom. The summed E-state index contributed by atoms with van der Waals surface area (Å²) in [5, 5.41) is 6.84. The van der Waals surface area contributed by atoms with Crippen LogP contribution in [-0.2, 0) is 0 Å². The smallest absolute Gasteiger partial charge is 0.0848 e. The van der Waals surface area contributed by atoms with E-state index in [1.165, 1.54) is 11.3 Å². The van der Waals surface area contributed by atoms with E-state index in [2.05, 4.69) is 45.4 Å². The first-order chi connectivity index (χ1) is 7.75. The molecule has 1 aromatic heterocycles. The Kier molecular flexibility index (Phi) is 3.05. The van der Waals surface area contributed by atoms with Crippen molar-refractivity contribution in [3.63, 3.8) is 0 Å². The molecule has 1 N–H and O–H groups in total. The molecule has 0 aliphatic rings. The average molecular weight is 213 g/mol.